The van der Waals surface area contributed by atoms with E-state index in [1.807, 2.05) is 0 Å². The van der Waals surface area contributed by atoms with Gasteiger partial charge in [-0.1, -0.05) is 76.1 Å². The van der Waals surface area contributed by atoms with E-state index >= 15 is 0 Å². The average Bonchev–Trinajstić information content (AvgIpc) is 2.30. The van der Waals surface area contributed by atoms with Crippen molar-refractivity contribution in [3.05, 3.63) is 48.0 Å². The molecule has 0 saturated heterocycles. The summed E-state index contributed by atoms with van der Waals surface area (Å²) in [6.07, 6.45) is 9.77. The molecule has 94 valence electrons. The number of rotatable bonds is 7. The van der Waals surface area contributed by atoms with Crippen molar-refractivity contribution in [2.24, 2.45) is 11.8 Å². The summed E-state index contributed by atoms with van der Waals surface area (Å²) in [7, 11) is 0. The SMILES string of the molecule is CCCC(C)C/C=C/C(C)Cc1ccccc1. The highest BCUT2D eigenvalue weighted by molar-refractivity contribution is 5.16. The van der Waals surface area contributed by atoms with Crippen molar-refractivity contribution in [2.75, 3.05) is 0 Å². The van der Waals surface area contributed by atoms with Gasteiger partial charge in [-0.15, -0.1) is 0 Å². The first-order chi connectivity index (χ1) is 8.22. The molecule has 0 heteroatoms. The zero-order chi connectivity index (χ0) is 12.5. The summed E-state index contributed by atoms with van der Waals surface area (Å²) in [6, 6.07) is 10.7. The van der Waals surface area contributed by atoms with E-state index in [0.29, 0.717) is 5.92 Å². The average molecular weight is 230 g/mol. The van der Waals surface area contributed by atoms with E-state index in [9.17, 15) is 0 Å². The van der Waals surface area contributed by atoms with Crippen molar-refractivity contribution in [1.82, 2.24) is 0 Å². The Morgan fingerprint density at radius 3 is 2.47 bits per heavy atom. The second kappa shape index (κ2) is 8.11. The smallest absolute Gasteiger partial charge is 0.0218 e. The largest absolute Gasteiger partial charge is 0.0880 e. The monoisotopic (exact) mass is 230 g/mol. The fourth-order valence-corrected chi connectivity index (χ4v) is 2.21. The molecule has 0 aromatic heterocycles. The molecular formula is C17H26. The van der Waals surface area contributed by atoms with Gasteiger partial charge in [-0.25, -0.2) is 0 Å². The van der Waals surface area contributed by atoms with Crippen LogP contribution in [0.4, 0.5) is 0 Å². The molecule has 0 spiro atoms. The second-order valence-corrected chi connectivity index (χ2v) is 5.22. The summed E-state index contributed by atoms with van der Waals surface area (Å²) in [6.45, 7) is 6.90. The van der Waals surface area contributed by atoms with E-state index in [0.717, 1.165) is 12.3 Å². The number of allylic oxidation sites excluding steroid dienone is 2. The summed E-state index contributed by atoms with van der Waals surface area (Å²) in [5.74, 6) is 1.48. The van der Waals surface area contributed by atoms with Gasteiger partial charge >= 0.3 is 0 Å². The predicted molar refractivity (Wildman–Crippen MR) is 77.1 cm³/mol. The van der Waals surface area contributed by atoms with Crippen LogP contribution in [0.2, 0.25) is 0 Å². The molecule has 0 heterocycles. The van der Waals surface area contributed by atoms with Crippen molar-refractivity contribution in [2.45, 2.75) is 46.5 Å². The third kappa shape index (κ3) is 6.31. The topological polar surface area (TPSA) is 0 Å². The summed E-state index contributed by atoms with van der Waals surface area (Å²) in [5, 5.41) is 0. The third-order valence-corrected chi connectivity index (χ3v) is 3.19. The van der Waals surface area contributed by atoms with Crippen LogP contribution >= 0.6 is 0 Å². The minimum atomic E-state index is 0.645. The number of hydrogen-bond acceptors (Lipinski definition) is 0. The van der Waals surface area contributed by atoms with Crippen LogP contribution in [0.5, 0.6) is 0 Å². The van der Waals surface area contributed by atoms with E-state index in [4.69, 9.17) is 0 Å². The molecule has 2 unspecified atom stereocenters. The molecule has 2 atom stereocenters. The van der Waals surface area contributed by atoms with Crippen LogP contribution in [0.3, 0.4) is 0 Å². The van der Waals surface area contributed by atoms with Gasteiger partial charge in [0.1, 0.15) is 0 Å². The lowest BCUT2D eigenvalue weighted by atomic mass is 9.98. The van der Waals surface area contributed by atoms with E-state index in [2.05, 4.69) is 63.3 Å². The molecular weight excluding hydrogens is 204 g/mol. The molecule has 0 fully saturated rings. The summed E-state index contributed by atoms with van der Waals surface area (Å²) >= 11 is 0. The first kappa shape index (κ1) is 14.0. The minimum Gasteiger partial charge on any atom is -0.0880 e. The van der Waals surface area contributed by atoms with Gasteiger partial charge < -0.3 is 0 Å². The Balaban J connectivity index is 2.29. The highest BCUT2D eigenvalue weighted by Crippen LogP contribution is 2.13. The van der Waals surface area contributed by atoms with Gasteiger partial charge in [0.25, 0.3) is 0 Å². The van der Waals surface area contributed by atoms with Crippen LogP contribution in [-0.4, -0.2) is 0 Å². The Labute approximate surface area is 107 Å². The van der Waals surface area contributed by atoms with Gasteiger partial charge in [0.2, 0.25) is 0 Å². The van der Waals surface area contributed by atoms with Gasteiger partial charge in [-0.2, -0.15) is 0 Å². The van der Waals surface area contributed by atoms with Crippen LogP contribution in [0.25, 0.3) is 0 Å². The van der Waals surface area contributed by atoms with E-state index in [1.54, 1.807) is 0 Å². The lowest BCUT2D eigenvalue weighted by Crippen LogP contribution is -1.96. The molecule has 1 aromatic carbocycles. The highest BCUT2D eigenvalue weighted by Gasteiger charge is 2.00. The van der Waals surface area contributed by atoms with Gasteiger partial charge in [0.15, 0.2) is 0 Å². The Morgan fingerprint density at radius 2 is 1.82 bits per heavy atom. The molecule has 0 aliphatic heterocycles. The fraction of sp³-hybridized carbons (Fsp3) is 0.529. The van der Waals surface area contributed by atoms with Crippen molar-refractivity contribution >= 4 is 0 Å². The van der Waals surface area contributed by atoms with Crippen LogP contribution in [0.15, 0.2) is 42.5 Å². The Morgan fingerprint density at radius 1 is 1.12 bits per heavy atom. The zero-order valence-corrected chi connectivity index (χ0v) is 11.5. The molecule has 0 bridgehead atoms. The van der Waals surface area contributed by atoms with Gasteiger partial charge in [0.05, 0.1) is 0 Å². The van der Waals surface area contributed by atoms with Crippen molar-refractivity contribution in [1.29, 1.82) is 0 Å². The summed E-state index contributed by atoms with van der Waals surface area (Å²) < 4.78 is 0. The predicted octanol–water partition coefficient (Wildman–Crippen LogP) is 5.25. The highest BCUT2D eigenvalue weighted by atomic mass is 14.1. The molecule has 0 aliphatic carbocycles. The lowest BCUT2D eigenvalue weighted by Gasteiger charge is -2.08. The standard InChI is InChI=1S/C17H26/c1-4-9-15(2)10-8-11-16(3)14-17-12-6-5-7-13-17/h5-8,11-13,15-16H,4,9-10,14H2,1-3H3/b11-8+. The molecule has 17 heavy (non-hydrogen) atoms. The molecule has 0 N–H and O–H groups in total. The number of hydrogen-bond donors (Lipinski definition) is 0. The summed E-state index contributed by atoms with van der Waals surface area (Å²) in [4.78, 5) is 0. The molecule has 1 rings (SSSR count). The quantitative estimate of drug-likeness (QED) is 0.561. The first-order valence-electron chi connectivity index (χ1n) is 6.93. The maximum absolute atomic E-state index is 2.37. The van der Waals surface area contributed by atoms with Crippen molar-refractivity contribution in [3.8, 4) is 0 Å². The van der Waals surface area contributed by atoms with Crippen molar-refractivity contribution < 1.29 is 0 Å². The first-order valence-corrected chi connectivity index (χ1v) is 6.93. The Hall–Kier alpha value is -1.04. The lowest BCUT2D eigenvalue weighted by molar-refractivity contribution is 0.530. The maximum Gasteiger partial charge on any atom is -0.0218 e. The van der Waals surface area contributed by atoms with Crippen LogP contribution in [0, 0.1) is 11.8 Å². The van der Waals surface area contributed by atoms with Gasteiger partial charge in [-0.3, -0.25) is 0 Å². The molecule has 0 aliphatic rings. The maximum atomic E-state index is 2.37. The molecule has 1 aromatic rings. The molecule has 0 radical (unpaired) electrons. The minimum absolute atomic E-state index is 0.645. The van der Waals surface area contributed by atoms with E-state index in [-0.39, 0.29) is 0 Å². The van der Waals surface area contributed by atoms with Crippen LogP contribution < -0.4 is 0 Å². The van der Waals surface area contributed by atoms with Crippen molar-refractivity contribution in [3.63, 3.8) is 0 Å². The van der Waals surface area contributed by atoms with E-state index in [1.165, 1.54) is 24.8 Å². The van der Waals surface area contributed by atoms with Gasteiger partial charge in [0, 0.05) is 0 Å². The number of benzene rings is 1. The fourth-order valence-electron chi connectivity index (χ4n) is 2.21. The zero-order valence-electron chi connectivity index (χ0n) is 11.5. The van der Waals surface area contributed by atoms with E-state index < -0.39 is 0 Å². The Bertz CT molecular complexity index is 310. The molecule has 0 nitrogen and oxygen atoms in total. The van der Waals surface area contributed by atoms with Crippen LogP contribution in [0.1, 0.15) is 45.6 Å². The molecule has 0 saturated carbocycles. The van der Waals surface area contributed by atoms with Crippen LogP contribution in [-0.2, 0) is 6.42 Å². The Kier molecular flexibility index (Phi) is 6.69. The third-order valence-electron chi connectivity index (χ3n) is 3.19. The normalized spacial score (nSPS) is 15.0. The summed E-state index contributed by atoms with van der Waals surface area (Å²) in [5.41, 5.74) is 1.44. The second-order valence-electron chi connectivity index (χ2n) is 5.22. The van der Waals surface area contributed by atoms with Gasteiger partial charge in [-0.05, 0) is 30.2 Å². The molecule has 0 amide bonds.